The van der Waals surface area contributed by atoms with Gasteiger partial charge >= 0.3 is 0 Å². The maximum Gasteiger partial charge on any atom is 0.276 e. The molecule has 0 bridgehead atoms. The van der Waals surface area contributed by atoms with Crippen LogP contribution in [0.5, 0.6) is 5.88 Å². The van der Waals surface area contributed by atoms with E-state index in [-0.39, 0.29) is 11.9 Å². The topological polar surface area (TPSA) is 86.3 Å². The molecule has 0 spiro atoms. The van der Waals surface area contributed by atoms with Crippen LogP contribution in [-0.4, -0.2) is 43.5 Å². The van der Waals surface area contributed by atoms with E-state index in [2.05, 4.69) is 19.5 Å². The predicted molar refractivity (Wildman–Crippen MR) is 91.6 cm³/mol. The van der Waals surface area contributed by atoms with Crippen molar-refractivity contribution in [3.05, 3.63) is 60.5 Å². The summed E-state index contributed by atoms with van der Waals surface area (Å²) in [7, 11) is 0. The minimum absolute atomic E-state index is 0.126. The number of carbonyl (C=O) groups excluding carboxylic acids is 1. The van der Waals surface area contributed by atoms with Crippen molar-refractivity contribution >= 4 is 5.91 Å². The Morgan fingerprint density at radius 3 is 3.00 bits per heavy atom. The monoisotopic (exact) mass is 353 g/mol. The van der Waals surface area contributed by atoms with Crippen LogP contribution in [-0.2, 0) is 13.0 Å². The molecule has 0 radical (unpaired) electrons. The summed E-state index contributed by atoms with van der Waals surface area (Å²) < 4.78 is 12.8. The average molecular weight is 353 g/mol. The van der Waals surface area contributed by atoms with Crippen molar-refractivity contribution in [3.8, 4) is 5.88 Å². The third kappa shape index (κ3) is 3.05. The van der Waals surface area contributed by atoms with Crippen molar-refractivity contribution < 1.29 is 13.9 Å². The molecule has 1 aliphatic rings. The van der Waals surface area contributed by atoms with Crippen LogP contribution >= 0.6 is 0 Å². The highest BCUT2D eigenvalue weighted by molar-refractivity contribution is 5.92. The average Bonchev–Trinajstić information content (AvgIpc) is 3.33. The van der Waals surface area contributed by atoms with Crippen LogP contribution in [0.1, 0.15) is 35.0 Å². The molecule has 26 heavy (non-hydrogen) atoms. The first kappa shape index (κ1) is 16.3. The van der Waals surface area contributed by atoms with E-state index in [4.69, 9.17) is 9.15 Å². The van der Waals surface area contributed by atoms with Gasteiger partial charge in [-0.25, -0.2) is 15.0 Å². The molecule has 0 fully saturated rings. The number of hydrogen-bond acceptors (Lipinski definition) is 6. The first-order valence-electron chi connectivity index (χ1n) is 8.51. The maximum absolute atomic E-state index is 12.6. The maximum atomic E-state index is 12.6. The van der Waals surface area contributed by atoms with Crippen LogP contribution in [0.4, 0.5) is 0 Å². The van der Waals surface area contributed by atoms with Gasteiger partial charge < -0.3 is 18.6 Å². The molecule has 3 aromatic rings. The Kier molecular flexibility index (Phi) is 4.39. The van der Waals surface area contributed by atoms with Crippen molar-refractivity contribution in [1.29, 1.82) is 0 Å². The number of rotatable bonds is 5. The molecule has 8 nitrogen and oxygen atoms in total. The van der Waals surface area contributed by atoms with E-state index in [1.807, 2.05) is 31.3 Å². The first-order valence-corrected chi connectivity index (χ1v) is 8.51. The minimum Gasteiger partial charge on any atom is -0.477 e. The Hall–Kier alpha value is -3.16. The van der Waals surface area contributed by atoms with E-state index in [0.29, 0.717) is 31.3 Å². The molecular weight excluding hydrogens is 334 g/mol. The van der Waals surface area contributed by atoms with Gasteiger partial charge in [0.1, 0.15) is 12.1 Å². The lowest BCUT2D eigenvalue weighted by Gasteiger charge is -2.34. The molecule has 1 aliphatic heterocycles. The van der Waals surface area contributed by atoms with E-state index < -0.39 is 0 Å². The largest absolute Gasteiger partial charge is 0.477 e. The van der Waals surface area contributed by atoms with Crippen molar-refractivity contribution in [2.45, 2.75) is 25.9 Å². The Labute approximate surface area is 150 Å². The molecule has 3 aromatic heterocycles. The molecule has 4 rings (SSSR count). The van der Waals surface area contributed by atoms with Crippen LogP contribution < -0.4 is 4.74 Å². The molecule has 0 aliphatic carbocycles. The summed E-state index contributed by atoms with van der Waals surface area (Å²) in [6.07, 6.45) is 6.93. The molecule has 0 saturated carbocycles. The van der Waals surface area contributed by atoms with E-state index in [0.717, 1.165) is 17.9 Å². The summed E-state index contributed by atoms with van der Waals surface area (Å²) in [5.41, 5.74) is 1.41. The van der Waals surface area contributed by atoms with Gasteiger partial charge in [-0.3, -0.25) is 4.79 Å². The molecule has 134 valence electrons. The zero-order chi connectivity index (χ0) is 17.9. The van der Waals surface area contributed by atoms with Crippen LogP contribution in [0.25, 0.3) is 0 Å². The van der Waals surface area contributed by atoms with E-state index in [9.17, 15) is 4.79 Å². The normalized spacial score (nSPS) is 16.3. The minimum atomic E-state index is -0.138. The number of hydrogen-bond donors (Lipinski definition) is 0. The smallest absolute Gasteiger partial charge is 0.276 e. The predicted octanol–water partition coefficient (Wildman–Crippen LogP) is 2.10. The van der Waals surface area contributed by atoms with Gasteiger partial charge in [-0.2, -0.15) is 0 Å². The highest BCUT2D eigenvalue weighted by Gasteiger charge is 2.31. The fourth-order valence-corrected chi connectivity index (χ4v) is 3.19. The van der Waals surface area contributed by atoms with E-state index in [1.54, 1.807) is 11.1 Å². The van der Waals surface area contributed by atoms with Crippen LogP contribution in [0, 0.1) is 0 Å². The zero-order valence-electron chi connectivity index (χ0n) is 14.4. The SMILES string of the molecule is CC1c2ncc(CCOc3ccccn3)n2CCN1C(=O)c1cocn1. The number of imidazole rings is 1. The lowest BCUT2D eigenvalue weighted by atomic mass is 10.2. The number of pyridine rings is 1. The fraction of sp³-hybridized carbons (Fsp3) is 0.333. The molecule has 0 N–H and O–H groups in total. The van der Waals surface area contributed by atoms with Gasteiger partial charge in [-0.05, 0) is 13.0 Å². The number of amides is 1. The Morgan fingerprint density at radius 2 is 2.23 bits per heavy atom. The number of ether oxygens (including phenoxy) is 1. The molecule has 1 amide bonds. The van der Waals surface area contributed by atoms with Gasteiger partial charge in [0.05, 0.1) is 12.6 Å². The lowest BCUT2D eigenvalue weighted by molar-refractivity contribution is 0.0630. The Morgan fingerprint density at radius 1 is 1.31 bits per heavy atom. The Bertz CT molecular complexity index is 876. The van der Waals surface area contributed by atoms with Crippen molar-refractivity contribution in [2.75, 3.05) is 13.2 Å². The summed E-state index contributed by atoms with van der Waals surface area (Å²) in [4.78, 5) is 27.0. The molecule has 1 unspecified atom stereocenters. The van der Waals surface area contributed by atoms with Crippen molar-refractivity contribution in [1.82, 2.24) is 24.4 Å². The molecular formula is C18H19N5O3. The highest BCUT2D eigenvalue weighted by atomic mass is 16.5. The molecule has 4 heterocycles. The van der Waals surface area contributed by atoms with Crippen molar-refractivity contribution in [2.24, 2.45) is 0 Å². The number of fused-ring (bicyclic) bond motifs is 1. The van der Waals surface area contributed by atoms with Crippen LogP contribution in [0.3, 0.4) is 0 Å². The molecule has 0 saturated heterocycles. The van der Waals surface area contributed by atoms with E-state index in [1.165, 1.54) is 12.7 Å². The summed E-state index contributed by atoms with van der Waals surface area (Å²) in [5, 5.41) is 0. The summed E-state index contributed by atoms with van der Waals surface area (Å²) in [6.45, 7) is 3.80. The number of oxazole rings is 1. The molecule has 8 heteroatoms. The van der Waals surface area contributed by atoms with Crippen LogP contribution in [0.2, 0.25) is 0 Å². The van der Waals surface area contributed by atoms with Crippen molar-refractivity contribution in [3.63, 3.8) is 0 Å². The highest BCUT2D eigenvalue weighted by Crippen LogP contribution is 2.26. The zero-order valence-corrected chi connectivity index (χ0v) is 14.4. The second-order valence-electron chi connectivity index (χ2n) is 6.07. The summed E-state index contributed by atoms with van der Waals surface area (Å²) >= 11 is 0. The number of carbonyl (C=O) groups is 1. The first-order chi connectivity index (χ1) is 12.7. The van der Waals surface area contributed by atoms with E-state index >= 15 is 0 Å². The third-order valence-corrected chi connectivity index (χ3v) is 4.53. The number of nitrogens with zero attached hydrogens (tertiary/aromatic N) is 5. The summed E-state index contributed by atoms with van der Waals surface area (Å²) in [5.74, 6) is 1.35. The van der Waals surface area contributed by atoms with Gasteiger partial charge in [-0.15, -0.1) is 0 Å². The fourth-order valence-electron chi connectivity index (χ4n) is 3.19. The quantitative estimate of drug-likeness (QED) is 0.698. The van der Waals surface area contributed by atoms with Gasteiger partial charge in [-0.1, -0.05) is 6.07 Å². The lowest BCUT2D eigenvalue weighted by Crippen LogP contribution is -2.41. The van der Waals surface area contributed by atoms with Gasteiger partial charge in [0.25, 0.3) is 5.91 Å². The van der Waals surface area contributed by atoms with Gasteiger partial charge in [0, 0.05) is 43.7 Å². The van der Waals surface area contributed by atoms with Crippen LogP contribution in [0.15, 0.2) is 47.7 Å². The Balaban J connectivity index is 1.43. The molecule has 1 atom stereocenters. The van der Waals surface area contributed by atoms with Gasteiger partial charge in [0.15, 0.2) is 12.1 Å². The third-order valence-electron chi connectivity index (χ3n) is 4.53. The van der Waals surface area contributed by atoms with Gasteiger partial charge in [0.2, 0.25) is 5.88 Å². The summed E-state index contributed by atoms with van der Waals surface area (Å²) in [6, 6.07) is 5.46. The second-order valence-corrected chi connectivity index (χ2v) is 6.07. The second kappa shape index (κ2) is 6.99. The number of aromatic nitrogens is 4. The molecule has 0 aromatic carbocycles. The standard InChI is InChI=1S/C18H19N5O3/c1-13-17-20-10-14(5-9-26-16-4-2-3-6-19-16)23(17)8-7-22(13)18(24)15-11-25-12-21-15/h2-4,6,10-13H,5,7-9H2,1H3.